The van der Waals surface area contributed by atoms with Crippen molar-refractivity contribution in [1.29, 1.82) is 0 Å². The molecule has 0 radical (unpaired) electrons. The molecule has 7 heteroatoms. The van der Waals surface area contributed by atoms with E-state index >= 15 is 0 Å². The molecule has 1 aromatic heterocycles. The number of carbonyl (C=O) groups excluding carboxylic acids is 1. The Morgan fingerprint density at radius 1 is 1.20 bits per heavy atom. The Morgan fingerprint density at radius 3 is 2.48 bits per heavy atom. The number of hydrogen-bond acceptors (Lipinski definition) is 4. The van der Waals surface area contributed by atoms with Gasteiger partial charge in [-0.25, -0.2) is 13.1 Å². The van der Waals surface area contributed by atoms with E-state index in [0.717, 1.165) is 24.9 Å². The molecule has 0 saturated carbocycles. The second kappa shape index (κ2) is 7.33. The van der Waals surface area contributed by atoms with E-state index in [1.807, 2.05) is 11.8 Å². The first-order valence-corrected chi connectivity index (χ1v) is 9.75. The maximum absolute atomic E-state index is 12.5. The van der Waals surface area contributed by atoms with Crippen molar-refractivity contribution in [2.45, 2.75) is 37.2 Å². The predicted octanol–water partition coefficient (Wildman–Crippen LogP) is 2.18. The molecule has 2 heterocycles. The van der Waals surface area contributed by atoms with Crippen molar-refractivity contribution >= 4 is 15.9 Å². The van der Waals surface area contributed by atoms with Gasteiger partial charge in [0, 0.05) is 37.1 Å². The van der Waals surface area contributed by atoms with E-state index in [9.17, 15) is 13.2 Å². The molecule has 132 valence electrons. The summed E-state index contributed by atoms with van der Waals surface area (Å²) >= 11 is 0. The third-order valence-corrected chi connectivity index (χ3v) is 5.86. The fourth-order valence-electron chi connectivity index (χ4n) is 2.94. The quantitative estimate of drug-likeness (QED) is 0.887. The summed E-state index contributed by atoms with van der Waals surface area (Å²) in [6.45, 7) is 2.98. The summed E-state index contributed by atoms with van der Waals surface area (Å²) in [5.74, 6) is -0.0429. The van der Waals surface area contributed by atoms with Crippen LogP contribution in [0.3, 0.4) is 0 Å². The Balaban J connectivity index is 1.69. The standard InChI is InChI=1S/C18H21N3O3S/c1-14-3-2-12-21(14)18(22)16-4-6-17(7-5-16)25(23,24)20-13-15-8-10-19-11-9-15/h4-11,14,20H,2-3,12-13H2,1H3/t14-/m0/s1. The molecule has 2 aromatic rings. The zero-order chi connectivity index (χ0) is 17.9. The zero-order valence-electron chi connectivity index (χ0n) is 14.1. The van der Waals surface area contributed by atoms with Gasteiger partial charge < -0.3 is 4.90 Å². The predicted molar refractivity (Wildman–Crippen MR) is 94.4 cm³/mol. The highest BCUT2D eigenvalue weighted by molar-refractivity contribution is 7.89. The van der Waals surface area contributed by atoms with Crippen molar-refractivity contribution in [2.75, 3.05) is 6.54 Å². The van der Waals surface area contributed by atoms with Gasteiger partial charge >= 0.3 is 0 Å². The van der Waals surface area contributed by atoms with Gasteiger partial charge in [0.15, 0.2) is 0 Å². The Morgan fingerprint density at radius 2 is 1.88 bits per heavy atom. The van der Waals surface area contributed by atoms with Crippen LogP contribution >= 0.6 is 0 Å². The molecule has 0 bridgehead atoms. The molecule has 1 aliphatic rings. The number of benzene rings is 1. The van der Waals surface area contributed by atoms with Crippen molar-refractivity contribution in [3.63, 3.8) is 0 Å². The number of carbonyl (C=O) groups is 1. The Labute approximate surface area is 147 Å². The van der Waals surface area contributed by atoms with Gasteiger partial charge in [0.05, 0.1) is 4.90 Å². The van der Waals surface area contributed by atoms with Crippen LogP contribution in [0.1, 0.15) is 35.7 Å². The summed E-state index contributed by atoms with van der Waals surface area (Å²) < 4.78 is 27.3. The summed E-state index contributed by atoms with van der Waals surface area (Å²) in [7, 11) is -3.63. The maximum atomic E-state index is 12.5. The van der Waals surface area contributed by atoms with Gasteiger partial charge in [0.25, 0.3) is 5.91 Å². The SMILES string of the molecule is C[C@H]1CCCN1C(=O)c1ccc(S(=O)(=O)NCc2ccncc2)cc1. The molecule has 6 nitrogen and oxygen atoms in total. The van der Waals surface area contributed by atoms with E-state index in [1.165, 1.54) is 12.1 Å². The largest absolute Gasteiger partial charge is 0.336 e. The van der Waals surface area contributed by atoms with E-state index in [0.29, 0.717) is 5.56 Å². The normalized spacial score (nSPS) is 17.6. The highest BCUT2D eigenvalue weighted by Crippen LogP contribution is 2.20. The first-order valence-electron chi connectivity index (χ1n) is 8.27. The molecule has 3 rings (SSSR count). The van der Waals surface area contributed by atoms with Gasteiger partial charge in [0.1, 0.15) is 0 Å². The molecular formula is C18H21N3O3S. The van der Waals surface area contributed by atoms with Crippen LogP contribution in [-0.4, -0.2) is 36.8 Å². The van der Waals surface area contributed by atoms with Crippen LogP contribution in [0.2, 0.25) is 0 Å². The molecule has 1 amide bonds. The Hall–Kier alpha value is -2.25. The van der Waals surface area contributed by atoms with Crippen molar-refractivity contribution in [3.8, 4) is 0 Å². The van der Waals surface area contributed by atoms with Crippen LogP contribution in [0, 0.1) is 0 Å². The minimum absolute atomic E-state index is 0.0429. The van der Waals surface area contributed by atoms with Crippen molar-refractivity contribution < 1.29 is 13.2 Å². The number of sulfonamides is 1. The average Bonchev–Trinajstić information content (AvgIpc) is 3.06. The minimum atomic E-state index is -3.63. The van der Waals surface area contributed by atoms with Crippen LogP contribution in [0.15, 0.2) is 53.7 Å². The summed E-state index contributed by atoms with van der Waals surface area (Å²) in [6, 6.07) is 9.84. The number of nitrogens with zero attached hydrogens (tertiary/aromatic N) is 2. The second-order valence-electron chi connectivity index (χ2n) is 6.19. The monoisotopic (exact) mass is 359 g/mol. The lowest BCUT2D eigenvalue weighted by Gasteiger charge is -2.21. The van der Waals surface area contributed by atoms with Crippen molar-refractivity contribution in [1.82, 2.24) is 14.6 Å². The van der Waals surface area contributed by atoms with Crippen molar-refractivity contribution in [3.05, 3.63) is 59.9 Å². The number of rotatable bonds is 5. The number of hydrogen-bond donors (Lipinski definition) is 1. The Bertz CT molecular complexity index is 836. The van der Waals surface area contributed by atoms with E-state index in [2.05, 4.69) is 9.71 Å². The first kappa shape index (κ1) is 17.6. The highest BCUT2D eigenvalue weighted by Gasteiger charge is 2.26. The van der Waals surface area contributed by atoms with E-state index in [4.69, 9.17) is 0 Å². The summed E-state index contributed by atoms with van der Waals surface area (Å²) in [6.07, 6.45) is 5.25. The molecule has 1 N–H and O–H groups in total. The molecule has 1 atom stereocenters. The van der Waals surface area contributed by atoms with Crippen LogP contribution in [-0.2, 0) is 16.6 Å². The van der Waals surface area contributed by atoms with Crippen LogP contribution in [0.25, 0.3) is 0 Å². The van der Waals surface area contributed by atoms with Gasteiger partial charge in [-0.15, -0.1) is 0 Å². The average molecular weight is 359 g/mol. The lowest BCUT2D eigenvalue weighted by Crippen LogP contribution is -2.33. The molecule has 0 unspecified atom stereocenters. The summed E-state index contributed by atoms with van der Waals surface area (Å²) in [4.78, 5) is 18.4. The number of amides is 1. The smallest absolute Gasteiger partial charge is 0.254 e. The molecule has 1 fully saturated rings. The molecular weight excluding hydrogens is 338 g/mol. The third-order valence-electron chi connectivity index (χ3n) is 4.44. The van der Waals surface area contributed by atoms with Crippen molar-refractivity contribution in [2.24, 2.45) is 0 Å². The molecule has 0 aliphatic carbocycles. The van der Waals surface area contributed by atoms with E-state index in [-0.39, 0.29) is 23.4 Å². The highest BCUT2D eigenvalue weighted by atomic mass is 32.2. The van der Waals surface area contributed by atoms with Crippen LogP contribution in [0.4, 0.5) is 0 Å². The maximum Gasteiger partial charge on any atom is 0.254 e. The minimum Gasteiger partial charge on any atom is -0.336 e. The molecule has 25 heavy (non-hydrogen) atoms. The number of pyridine rings is 1. The fourth-order valence-corrected chi connectivity index (χ4v) is 3.96. The lowest BCUT2D eigenvalue weighted by atomic mass is 10.2. The zero-order valence-corrected chi connectivity index (χ0v) is 14.9. The molecule has 1 saturated heterocycles. The van der Waals surface area contributed by atoms with E-state index < -0.39 is 10.0 Å². The second-order valence-corrected chi connectivity index (χ2v) is 7.96. The number of likely N-dealkylation sites (tertiary alicyclic amines) is 1. The first-order chi connectivity index (χ1) is 12.0. The van der Waals surface area contributed by atoms with Gasteiger partial charge in [-0.2, -0.15) is 0 Å². The van der Waals surface area contributed by atoms with Gasteiger partial charge in [-0.1, -0.05) is 0 Å². The molecule has 1 aromatic carbocycles. The fraction of sp³-hybridized carbons (Fsp3) is 0.333. The van der Waals surface area contributed by atoms with Gasteiger partial charge in [-0.3, -0.25) is 9.78 Å². The Kier molecular flexibility index (Phi) is 5.15. The summed E-state index contributed by atoms with van der Waals surface area (Å²) in [5.41, 5.74) is 1.34. The number of nitrogens with one attached hydrogen (secondary N) is 1. The topological polar surface area (TPSA) is 79.4 Å². The molecule has 0 spiro atoms. The molecule has 1 aliphatic heterocycles. The summed E-state index contributed by atoms with van der Waals surface area (Å²) in [5, 5.41) is 0. The lowest BCUT2D eigenvalue weighted by molar-refractivity contribution is 0.0747. The van der Waals surface area contributed by atoms with Gasteiger partial charge in [-0.05, 0) is 61.7 Å². The number of aromatic nitrogens is 1. The third kappa shape index (κ3) is 4.05. The van der Waals surface area contributed by atoms with E-state index in [1.54, 1.807) is 36.7 Å². The van der Waals surface area contributed by atoms with Crippen LogP contribution in [0.5, 0.6) is 0 Å². The van der Waals surface area contributed by atoms with Gasteiger partial charge in [0.2, 0.25) is 10.0 Å². The van der Waals surface area contributed by atoms with Crippen LogP contribution < -0.4 is 4.72 Å².